The van der Waals surface area contributed by atoms with Gasteiger partial charge in [-0.25, -0.2) is 15.0 Å². The molecule has 0 atom stereocenters. The van der Waals surface area contributed by atoms with Crippen molar-refractivity contribution in [2.75, 3.05) is 12.4 Å². The van der Waals surface area contributed by atoms with E-state index in [0.717, 1.165) is 31.4 Å². The van der Waals surface area contributed by atoms with E-state index in [1.165, 1.54) is 0 Å². The highest BCUT2D eigenvalue weighted by molar-refractivity contribution is 9.10. The predicted molar refractivity (Wildman–Crippen MR) is 88.5 cm³/mol. The van der Waals surface area contributed by atoms with Gasteiger partial charge >= 0.3 is 0 Å². The fourth-order valence-electron chi connectivity index (χ4n) is 1.74. The number of fused-ring (bicyclic) bond motifs is 1. The number of thiophene rings is 1. The van der Waals surface area contributed by atoms with Crippen molar-refractivity contribution < 1.29 is 0 Å². The average Bonchev–Trinajstić information content (AvgIpc) is 2.94. The Morgan fingerprint density at radius 3 is 2.95 bits per heavy atom. The van der Waals surface area contributed by atoms with Gasteiger partial charge in [0.15, 0.2) is 0 Å². The Balaban J connectivity index is 1.81. The monoisotopic (exact) mass is 366 g/mol. The van der Waals surface area contributed by atoms with Crippen LogP contribution in [0.2, 0.25) is 0 Å². The van der Waals surface area contributed by atoms with E-state index < -0.39 is 0 Å². The molecule has 4 nitrogen and oxygen atoms in total. The molecule has 0 amide bonds. The summed E-state index contributed by atoms with van der Waals surface area (Å²) in [6, 6.07) is 6.01. The maximum Gasteiger partial charge on any atom is 0.142 e. The second kappa shape index (κ2) is 6.07. The molecule has 102 valence electrons. The second-order valence-electron chi connectivity index (χ2n) is 3.98. The van der Waals surface area contributed by atoms with Gasteiger partial charge in [0, 0.05) is 17.7 Å². The molecule has 0 saturated heterocycles. The fourth-order valence-corrected chi connectivity index (χ4v) is 3.46. The van der Waals surface area contributed by atoms with Gasteiger partial charge in [-0.15, -0.1) is 11.3 Å². The van der Waals surface area contributed by atoms with Crippen LogP contribution in [0.1, 0.15) is 5.82 Å². The highest BCUT2D eigenvalue weighted by Crippen LogP contribution is 2.27. The molecule has 3 aromatic heterocycles. The standard InChI is InChI=1S/C13H11BrN4S2/c1-15-12-9-4-5-19-13(9)18-10(17-12)7-20-11-3-2-8(14)6-16-11/h2-6H,7H2,1H3,(H,15,17,18). The Morgan fingerprint density at radius 2 is 2.20 bits per heavy atom. The molecular formula is C13H11BrN4S2. The van der Waals surface area contributed by atoms with Gasteiger partial charge in [0.25, 0.3) is 0 Å². The minimum Gasteiger partial charge on any atom is -0.372 e. The van der Waals surface area contributed by atoms with Gasteiger partial charge in [0.2, 0.25) is 0 Å². The number of thioether (sulfide) groups is 1. The topological polar surface area (TPSA) is 50.7 Å². The van der Waals surface area contributed by atoms with E-state index in [2.05, 4.69) is 36.2 Å². The molecule has 7 heteroatoms. The van der Waals surface area contributed by atoms with Crippen molar-refractivity contribution in [2.24, 2.45) is 0 Å². The fraction of sp³-hybridized carbons (Fsp3) is 0.154. The first-order valence-corrected chi connectivity index (χ1v) is 8.58. The first-order valence-electron chi connectivity index (χ1n) is 5.92. The first kappa shape index (κ1) is 13.8. The lowest BCUT2D eigenvalue weighted by molar-refractivity contribution is 1.06. The third-order valence-corrected chi connectivity index (χ3v) is 4.87. The summed E-state index contributed by atoms with van der Waals surface area (Å²) in [5.41, 5.74) is 0. The van der Waals surface area contributed by atoms with Crippen LogP contribution in [0, 0.1) is 0 Å². The summed E-state index contributed by atoms with van der Waals surface area (Å²) < 4.78 is 0.982. The number of rotatable bonds is 4. The van der Waals surface area contributed by atoms with Gasteiger partial charge in [0.05, 0.1) is 16.2 Å². The smallest absolute Gasteiger partial charge is 0.142 e. The van der Waals surface area contributed by atoms with Gasteiger partial charge in [0.1, 0.15) is 16.5 Å². The van der Waals surface area contributed by atoms with Crippen LogP contribution in [0.4, 0.5) is 5.82 Å². The van der Waals surface area contributed by atoms with Crippen LogP contribution in [-0.4, -0.2) is 22.0 Å². The van der Waals surface area contributed by atoms with E-state index in [1.807, 2.05) is 30.6 Å². The Hall–Kier alpha value is -1.18. The van der Waals surface area contributed by atoms with Crippen LogP contribution in [0.5, 0.6) is 0 Å². The van der Waals surface area contributed by atoms with Crippen LogP contribution in [0.15, 0.2) is 39.3 Å². The quantitative estimate of drug-likeness (QED) is 0.701. The molecule has 0 aromatic carbocycles. The van der Waals surface area contributed by atoms with E-state index in [4.69, 9.17) is 0 Å². The lowest BCUT2D eigenvalue weighted by Crippen LogP contribution is -1.99. The molecule has 20 heavy (non-hydrogen) atoms. The lowest BCUT2D eigenvalue weighted by Gasteiger charge is -2.05. The summed E-state index contributed by atoms with van der Waals surface area (Å²) >= 11 is 6.64. The molecule has 0 aliphatic heterocycles. The molecule has 0 aliphatic rings. The highest BCUT2D eigenvalue weighted by Gasteiger charge is 2.08. The van der Waals surface area contributed by atoms with Gasteiger partial charge in [-0.05, 0) is 39.5 Å². The SMILES string of the molecule is CNc1nc(CSc2ccc(Br)cn2)nc2sccc12. The average molecular weight is 367 g/mol. The molecule has 3 aromatic rings. The van der Waals surface area contributed by atoms with Crippen molar-refractivity contribution in [1.82, 2.24) is 15.0 Å². The van der Waals surface area contributed by atoms with Crippen molar-refractivity contribution in [3.63, 3.8) is 0 Å². The lowest BCUT2D eigenvalue weighted by atomic mass is 10.4. The van der Waals surface area contributed by atoms with Crippen molar-refractivity contribution in [1.29, 1.82) is 0 Å². The molecule has 0 saturated carbocycles. The van der Waals surface area contributed by atoms with Crippen molar-refractivity contribution in [3.05, 3.63) is 40.1 Å². The zero-order valence-electron chi connectivity index (χ0n) is 10.6. The Bertz CT molecular complexity index is 727. The summed E-state index contributed by atoms with van der Waals surface area (Å²) in [6.07, 6.45) is 1.80. The number of nitrogens with zero attached hydrogens (tertiary/aromatic N) is 3. The maximum absolute atomic E-state index is 4.59. The number of aromatic nitrogens is 3. The van der Waals surface area contributed by atoms with E-state index in [1.54, 1.807) is 29.3 Å². The summed E-state index contributed by atoms with van der Waals surface area (Å²) in [5.74, 6) is 2.41. The first-order chi connectivity index (χ1) is 9.76. The van der Waals surface area contributed by atoms with E-state index in [-0.39, 0.29) is 0 Å². The van der Waals surface area contributed by atoms with Crippen LogP contribution >= 0.6 is 39.0 Å². The van der Waals surface area contributed by atoms with E-state index in [9.17, 15) is 0 Å². The minimum atomic E-state index is 0.706. The Labute approximate surface area is 133 Å². The number of nitrogens with one attached hydrogen (secondary N) is 1. The van der Waals surface area contributed by atoms with Gasteiger partial charge in [-0.1, -0.05) is 11.8 Å². The summed E-state index contributed by atoms with van der Waals surface area (Å²) in [7, 11) is 1.88. The van der Waals surface area contributed by atoms with Crippen molar-refractivity contribution in [2.45, 2.75) is 10.8 Å². The number of anilines is 1. The van der Waals surface area contributed by atoms with Gasteiger partial charge < -0.3 is 5.32 Å². The largest absolute Gasteiger partial charge is 0.372 e. The minimum absolute atomic E-state index is 0.706. The third kappa shape index (κ3) is 2.94. The third-order valence-electron chi connectivity index (χ3n) is 2.66. The number of hydrogen-bond donors (Lipinski definition) is 1. The van der Waals surface area contributed by atoms with E-state index in [0.29, 0.717) is 5.75 Å². The van der Waals surface area contributed by atoms with Crippen LogP contribution < -0.4 is 5.32 Å². The molecule has 0 spiro atoms. The van der Waals surface area contributed by atoms with E-state index >= 15 is 0 Å². The highest BCUT2D eigenvalue weighted by atomic mass is 79.9. The van der Waals surface area contributed by atoms with Gasteiger partial charge in [-0.2, -0.15) is 0 Å². The molecule has 1 N–H and O–H groups in total. The Kier molecular flexibility index (Phi) is 4.18. The number of halogens is 1. The van der Waals surface area contributed by atoms with Crippen LogP contribution in [0.25, 0.3) is 10.2 Å². The zero-order chi connectivity index (χ0) is 13.9. The number of hydrogen-bond acceptors (Lipinski definition) is 6. The summed E-state index contributed by atoms with van der Waals surface area (Å²) in [6.45, 7) is 0. The molecule has 3 heterocycles. The molecule has 0 aliphatic carbocycles. The molecule has 0 fully saturated rings. The Morgan fingerprint density at radius 1 is 1.30 bits per heavy atom. The number of pyridine rings is 1. The zero-order valence-corrected chi connectivity index (χ0v) is 13.8. The molecule has 0 radical (unpaired) electrons. The van der Waals surface area contributed by atoms with Crippen LogP contribution in [-0.2, 0) is 5.75 Å². The summed E-state index contributed by atoms with van der Waals surface area (Å²) in [5, 5.41) is 7.21. The molecule has 0 bridgehead atoms. The van der Waals surface area contributed by atoms with Crippen LogP contribution in [0.3, 0.4) is 0 Å². The maximum atomic E-state index is 4.59. The molecule has 3 rings (SSSR count). The molecular weight excluding hydrogens is 356 g/mol. The van der Waals surface area contributed by atoms with Gasteiger partial charge in [-0.3, -0.25) is 0 Å². The van der Waals surface area contributed by atoms with Crippen molar-refractivity contribution in [3.8, 4) is 0 Å². The molecule has 0 unspecified atom stereocenters. The van der Waals surface area contributed by atoms with Crippen molar-refractivity contribution >= 4 is 55.1 Å². The normalized spacial score (nSPS) is 10.9. The predicted octanol–water partition coefficient (Wildman–Crippen LogP) is 4.18. The summed E-state index contributed by atoms with van der Waals surface area (Å²) in [4.78, 5) is 14.5. The second-order valence-corrected chi connectivity index (χ2v) is 6.79.